The number of cyclic esters (lactones) is 1. The number of ether oxygens (including phenoxy) is 1. The number of imidazole rings is 1. The third-order valence-corrected chi connectivity index (χ3v) is 4.65. The fourth-order valence-electron chi connectivity index (χ4n) is 3.25. The number of rotatable bonds is 5. The van der Waals surface area contributed by atoms with Crippen molar-refractivity contribution in [2.24, 2.45) is 7.05 Å². The van der Waals surface area contributed by atoms with Gasteiger partial charge in [-0.2, -0.15) is 5.10 Å². The van der Waals surface area contributed by atoms with E-state index in [4.69, 9.17) is 4.74 Å². The van der Waals surface area contributed by atoms with E-state index in [1.54, 1.807) is 29.2 Å². The van der Waals surface area contributed by atoms with E-state index >= 15 is 0 Å². The minimum atomic E-state index is -0.935. The number of aromatic nitrogens is 4. The highest BCUT2D eigenvalue weighted by Crippen LogP contribution is 2.31. The predicted molar refractivity (Wildman–Crippen MR) is 97.3 cm³/mol. The summed E-state index contributed by atoms with van der Waals surface area (Å²) in [4.78, 5) is 17.9. The number of amides is 1. The largest absolute Gasteiger partial charge is 0.449 e. The molecule has 0 unspecified atom stereocenters. The maximum atomic E-state index is 13.8. The summed E-state index contributed by atoms with van der Waals surface area (Å²) >= 11 is 0. The Morgan fingerprint density at radius 2 is 2.04 bits per heavy atom. The lowest BCUT2D eigenvalue weighted by Gasteiger charge is -2.26. The van der Waals surface area contributed by atoms with Crippen LogP contribution in [0.1, 0.15) is 6.42 Å². The molecule has 1 amide bonds. The summed E-state index contributed by atoms with van der Waals surface area (Å²) in [6.45, 7) is 2.01. The van der Waals surface area contributed by atoms with Crippen LogP contribution in [0.5, 0.6) is 0 Å². The molecule has 146 valence electrons. The minimum Gasteiger partial charge on any atom is -0.449 e. The molecule has 0 spiro atoms. The SMILES string of the molecule is Cn1ccc(-c2c(-c3ccc(F)c(F)c3)ncn2CCN2CCCOC2=O)n1. The van der Waals surface area contributed by atoms with Gasteiger partial charge in [0.05, 0.1) is 24.3 Å². The molecule has 0 atom stereocenters. The summed E-state index contributed by atoms with van der Waals surface area (Å²) in [6.07, 6.45) is 3.88. The number of halogens is 2. The highest BCUT2D eigenvalue weighted by molar-refractivity contribution is 5.76. The highest BCUT2D eigenvalue weighted by Gasteiger charge is 2.22. The lowest BCUT2D eigenvalue weighted by Crippen LogP contribution is -2.39. The molecule has 3 heterocycles. The summed E-state index contributed by atoms with van der Waals surface area (Å²) < 4.78 is 35.7. The van der Waals surface area contributed by atoms with Crippen LogP contribution in [0.2, 0.25) is 0 Å². The lowest BCUT2D eigenvalue weighted by atomic mass is 10.1. The van der Waals surface area contributed by atoms with Crippen LogP contribution >= 0.6 is 0 Å². The van der Waals surface area contributed by atoms with Crippen LogP contribution in [0.25, 0.3) is 22.6 Å². The summed E-state index contributed by atoms with van der Waals surface area (Å²) in [5, 5.41) is 4.43. The van der Waals surface area contributed by atoms with E-state index in [-0.39, 0.29) is 6.09 Å². The zero-order chi connectivity index (χ0) is 19.7. The Bertz CT molecular complexity index is 1010. The van der Waals surface area contributed by atoms with E-state index in [2.05, 4.69) is 10.1 Å². The first-order chi connectivity index (χ1) is 13.5. The van der Waals surface area contributed by atoms with Crippen molar-refractivity contribution in [3.05, 3.63) is 48.4 Å². The Hall–Kier alpha value is -3.23. The minimum absolute atomic E-state index is 0.327. The van der Waals surface area contributed by atoms with Gasteiger partial charge in [0.1, 0.15) is 5.69 Å². The van der Waals surface area contributed by atoms with Gasteiger partial charge < -0.3 is 14.2 Å². The quantitative estimate of drug-likeness (QED) is 0.675. The van der Waals surface area contributed by atoms with Crippen LogP contribution in [0.3, 0.4) is 0 Å². The lowest BCUT2D eigenvalue weighted by molar-refractivity contribution is 0.0716. The topological polar surface area (TPSA) is 65.2 Å². The molecule has 3 aromatic rings. The molecule has 0 bridgehead atoms. The molecule has 1 saturated heterocycles. The average Bonchev–Trinajstić information content (AvgIpc) is 3.29. The number of carbonyl (C=O) groups excluding carboxylic acids is 1. The number of hydrogen-bond donors (Lipinski definition) is 0. The molecular weight excluding hydrogens is 368 g/mol. The van der Waals surface area contributed by atoms with Crippen molar-refractivity contribution in [3.63, 3.8) is 0 Å². The van der Waals surface area contributed by atoms with E-state index in [0.717, 1.165) is 18.6 Å². The van der Waals surface area contributed by atoms with Crippen molar-refractivity contribution in [1.82, 2.24) is 24.2 Å². The molecule has 0 radical (unpaired) electrons. The summed E-state index contributed by atoms with van der Waals surface area (Å²) in [5.41, 5.74) is 2.28. The third-order valence-electron chi connectivity index (χ3n) is 4.65. The molecule has 0 saturated carbocycles. The van der Waals surface area contributed by atoms with Gasteiger partial charge in [-0.25, -0.2) is 18.6 Å². The molecule has 2 aromatic heterocycles. The fraction of sp³-hybridized carbons (Fsp3) is 0.316. The first kappa shape index (κ1) is 18.1. The maximum absolute atomic E-state index is 13.8. The van der Waals surface area contributed by atoms with Gasteiger partial charge in [0.2, 0.25) is 0 Å². The third kappa shape index (κ3) is 3.47. The number of benzene rings is 1. The van der Waals surface area contributed by atoms with Gasteiger partial charge in [0.15, 0.2) is 11.6 Å². The standard InChI is InChI=1S/C19H19F2N5O2/c1-24-7-5-16(23-24)18-17(13-3-4-14(20)15(21)11-13)22-12-26(18)9-8-25-6-2-10-28-19(25)27/h3-5,7,11-12H,2,6,8-10H2,1H3. The number of hydrogen-bond acceptors (Lipinski definition) is 4. The average molecular weight is 387 g/mol. The van der Waals surface area contributed by atoms with Crippen LogP contribution in [0.15, 0.2) is 36.8 Å². The van der Waals surface area contributed by atoms with Crippen molar-refractivity contribution in [2.45, 2.75) is 13.0 Å². The van der Waals surface area contributed by atoms with E-state index in [1.807, 2.05) is 10.6 Å². The monoisotopic (exact) mass is 387 g/mol. The predicted octanol–water partition coefficient (Wildman–Crippen LogP) is 3.07. The molecule has 28 heavy (non-hydrogen) atoms. The van der Waals surface area contributed by atoms with Crippen LogP contribution in [-0.2, 0) is 18.3 Å². The van der Waals surface area contributed by atoms with Crippen LogP contribution in [0.4, 0.5) is 13.6 Å². The smallest absolute Gasteiger partial charge is 0.409 e. The van der Waals surface area contributed by atoms with E-state index in [0.29, 0.717) is 48.9 Å². The molecule has 4 rings (SSSR count). The zero-order valence-corrected chi connectivity index (χ0v) is 15.3. The van der Waals surface area contributed by atoms with E-state index in [9.17, 15) is 13.6 Å². The molecular formula is C19H19F2N5O2. The first-order valence-corrected chi connectivity index (χ1v) is 8.95. The second kappa shape index (κ2) is 7.41. The Labute approximate surface area is 160 Å². The molecule has 7 nitrogen and oxygen atoms in total. The molecule has 1 aliphatic rings. The molecule has 9 heteroatoms. The van der Waals surface area contributed by atoms with Gasteiger partial charge in [-0.1, -0.05) is 0 Å². The summed E-state index contributed by atoms with van der Waals surface area (Å²) in [6, 6.07) is 5.51. The Kier molecular flexibility index (Phi) is 4.81. The summed E-state index contributed by atoms with van der Waals surface area (Å²) in [5.74, 6) is -1.85. The van der Waals surface area contributed by atoms with Gasteiger partial charge in [-0.15, -0.1) is 0 Å². The number of carbonyl (C=O) groups is 1. The van der Waals surface area contributed by atoms with E-state index < -0.39 is 11.6 Å². The molecule has 0 aliphatic carbocycles. The van der Waals surface area contributed by atoms with Crippen molar-refractivity contribution >= 4 is 6.09 Å². The first-order valence-electron chi connectivity index (χ1n) is 8.95. The van der Waals surface area contributed by atoms with Gasteiger partial charge >= 0.3 is 6.09 Å². The Morgan fingerprint density at radius 1 is 1.18 bits per heavy atom. The summed E-state index contributed by atoms with van der Waals surface area (Å²) in [7, 11) is 1.80. The Morgan fingerprint density at radius 3 is 2.75 bits per heavy atom. The number of aryl methyl sites for hydroxylation is 1. The van der Waals surface area contributed by atoms with Crippen molar-refractivity contribution < 1.29 is 18.3 Å². The fourth-order valence-corrected chi connectivity index (χ4v) is 3.25. The van der Waals surface area contributed by atoms with Gasteiger partial charge in [0.25, 0.3) is 0 Å². The molecule has 1 fully saturated rings. The van der Waals surface area contributed by atoms with Crippen LogP contribution in [0, 0.1) is 11.6 Å². The second-order valence-corrected chi connectivity index (χ2v) is 6.59. The van der Waals surface area contributed by atoms with Gasteiger partial charge in [-0.05, 0) is 30.7 Å². The molecule has 1 aliphatic heterocycles. The van der Waals surface area contributed by atoms with Gasteiger partial charge in [-0.3, -0.25) is 4.68 Å². The second-order valence-electron chi connectivity index (χ2n) is 6.59. The number of nitrogens with zero attached hydrogens (tertiary/aromatic N) is 5. The Balaban J connectivity index is 1.69. The zero-order valence-electron chi connectivity index (χ0n) is 15.3. The molecule has 1 aromatic carbocycles. The highest BCUT2D eigenvalue weighted by atomic mass is 19.2. The normalized spacial score (nSPS) is 14.4. The van der Waals surface area contributed by atoms with Crippen LogP contribution in [-0.4, -0.2) is 50.0 Å². The van der Waals surface area contributed by atoms with Crippen molar-refractivity contribution in [1.29, 1.82) is 0 Å². The van der Waals surface area contributed by atoms with Crippen molar-refractivity contribution in [2.75, 3.05) is 19.7 Å². The van der Waals surface area contributed by atoms with Crippen molar-refractivity contribution in [3.8, 4) is 22.6 Å². The van der Waals surface area contributed by atoms with Crippen LogP contribution < -0.4 is 0 Å². The van der Waals surface area contributed by atoms with E-state index in [1.165, 1.54) is 6.07 Å². The van der Waals surface area contributed by atoms with Gasteiger partial charge in [0, 0.05) is 38.4 Å². The maximum Gasteiger partial charge on any atom is 0.409 e. The molecule has 0 N–H and O–H groups in total.